The maximum absolute atomic E-state index is 4.45. The molecule has 5 heteroatoms. The molecule has 4 nitrogen and oxygen atoms in total. The van der Waals surface area contributed by atoms with E-state index in [1.807, 2.05) is 0 Å². The minimum Gasteiger partial charge on any atom is -0.369 e. The van der Waals surface area contributed by atoms with Crippen molar-refractivity contribution in [2.45, 2.75) is 33.1 Å². The summed E-state index contributed by atoms with van der Waals surface area (Å²) in [5.74, 6) is 2.77. The molecule has 0 aliphatic heterocycles. The summed E-state index contributed by atoms with van der Waals surface area (Å²) in [6, 6.07) is 0. The average molecular weight is 313 g/mol. The smallest absolute Gasteiger partial charge is 0.148 e. The van der Waals surface area contributed by atoms with E-state index in [0.29, 0.717) is 0 Å². The van der Waals surface area contributed by atoms with Crippen molar-refractivity contribution < 1.29 is 0 Å². The molecule has 0 unspecified atom stereocenters. The van der Waals surface area contributed by atoms with E-state index in [1.54, 1.807) is 6.33 Å². The van der Waals surface area contributed by atoms with Gasteiger partial charge in [-0.25, -0.2) is 9.97 Å². The number of nitrogens with zero attached hydrogens (tertiary/aromatic N) is 3. The van der Waals surface area contributed by atoms with Crippen molar-refractivity contribution in [1.82, 2.24) is 9.97 Å². The molecule has 0 atom stereocenters. The molecule has 1 aromatic heterocycles. The highest BCUT2D eigenvalue weighted by Crippen LogP contribution is 2.34. The Bertz CT molecular complexity index is 393. The van der Waals surface area contributed by atoms with Gasteiger partial charge in [0.15, 0.2) is 0 Å². The maximum atomic E-state index is 4.45. The molecule has 2 rings (SSSR count). The van der Waals surface area contributed by atoms with Crippen molar-refractivity contribution in [2.75, 3.05) is 29.9 Å². The Morgan fingerprint density at radius 3 is 2.78 bits per heavy atom. The molecule has 0 radical (unpaired) electrons. The van der Waals surface area contributed by atoms with Gasteiger partial charge < -0.3 is 10.2 Å². The number of nitrogens with one attached hydrogen (secondary N) is 1. The van der Waals surface area contributed by atoms with Crippen molar-refractivity contribution in [1.29, 1.82) is 0 Å². The zero-order valence-electron chi connectivity index (χ0n) is 11.1. The molecular weight excluding hydrogens is 292 g/mol. The first-order chi connectivity index (χ1) is 8.76. The Labute approximate surface area is 117 Å². The van der Waals surface area contributed by atoms with Crippen molar-refractivity contribution in [3.8, 4) is 0 Å². The van der Waals surface area contributed by atoms with E-state index < -0.39 is 0 Å². The second-order valence-electron chi connectivity index (χ2n) is 4.78. The van der Waals surface area contributed by atoms with Gasteiger partial charge in [-0.15, -0.1) is 0 Å². The molecule has 0 spiro atoms. The molecule has 1 fully saturated rings. The van der Waals surface area contributed by atoms with E-state index in [0.717, 1.165) is 48.1 Å². The van der Waals surface area contributed by atoms with Crippen LogP contribution in [-0.4, -0.2) is 29.6 Å². The van der Waals surface area contributed by atoms with Crippen molar-refractivity contribution in [3.05, 3.63) is 10.8 Å². The van der Waals surface area contributed by atoms with Gasteiger partial charge in [0.2, 0.25) is 0 Å². The largest absolute Gasteiger partial charge is 0.369 e. The molecule has 1 aromatic rings. The van der Waals surface area contributed by atoms with Gasteiger partial charge in [0.1, 0.15) is 22.4 Å². The molecule has 100 valence electrons. The monoisotopic (exact) mass is 312 g/mol. The fourth-order valence-electron chi connectivity index (χ4n) is 2.04. The zero-order valence-corrected chi connectivity index (χ0v) is 12.7. The van der Waals surface area contributed by atoms with Crippen LogP contribution in [-0.2, 0) is 0 Å². The maximum Gasteiger partial charge on any atom is 0.148 e. The first-order valence-corrected chi connectivity index (χ1v) is 7.54. The summed E-state index contributed by atoms with van der Waals surface area (Å²) in [5.41, 5.74) is 0. The second kappa shape index (κ2) is 6.36. The Morgan fingerprint density at radius 2 is 2.17 bits per heavy atom. The summed E-state index contributed by atoms with van der Waals surface area (Å²) in [7, 11) is 0. The van der Waals surface area contributed by atoms with Gasteiger partial charge in [0, 0.05) is 19.6 Å². The number of aromatic nitrogens is 2. The van der Waals surface area contributed by atoms with Crippen molar-refractivity contribution in [2.24, 2.45) is 5.92 Å². The highest BCUT2D eigenvalue weighted by molar-refractivity contribution is 9.10. The quantitative estimate of drug-likeness (QED) is 0.838. The fourth-order valence-corrected chi connectivity index (χ4v) is 2.63. The van der Waals surface area contributed by atoms with E-state index in [2.05, 4.69) is 50.0 Å². The normalized spacial score (nSPS) is 14.6. The lowest BCUT2D eigenvalue weighted by Crippen LogP contribution is -2.28. The van der Waals surface area contributed by atoms with Crippen molar-refractivity contribution >= 4 is 27.6 Å². The Balaban J connectivity index is 2.19. The number of halogens is 1. The minimum absolute atomic E-state index is 0.862. The SMILES string of the molecule is CCCN(CC1CC1)c1ncnc(NCC)c1Br. The Hall–Kier alpha value is -0.840. The lowest BCUT2D eigenvalue weighted by molar-refractivity contribution is 0.696. The van der Waals surface area contributed by atoms with Gasteiger partial charge in [-0.1, -0.05) is 6.92 Å². The number of hydrogen-bond donors (Lipinski definition) is 1. The number of hydrogen-bond acceptors (Lipinski definition) is 4. The predicted octanol–water partition coefficient (Wildman–Crippen LogP) is 3.30. The summed E-state index contributed by atoms with van der Waals surface area (Å²) < 4.78 is 0.987. The molecule has 0 aromatic carbocycles. The molecule has 1 heterocycles. The lowest BCUT2D eigenvalue weighted by atomic mass is 10.3. The van der Waals surface area contributed by atoms with Crippen LogP contribution in [0.15, 0.2) is 10.8 Å². The summed E-state index contributed by atoms with van der Waals surface area (Å²) >= 11 is 3.63. The van der Waals surface area contributed by atoms with Crippen LogP contribution in [0, 0.1) is 5.92 Å². The van der Waals surface area contributed by atoms with Crippen LogP contribution in [0.25, 0.3) is 0 Å². The Morgan fingerprint density at radius 1 is 1.39 bits per heavy atom. The van der Waals surface area contributed by atoms with E-state index in [4.69, 9.17) is 0 Å². The summed E-state index contributed by atoms with van der Waals surface area (Å²) in [5, 5.41) is 3.26. The first kappa shape index (κ1) is 13.6. The predicted molar refractivity (Wildman–Crippen MR) is 79.1 cm³/mol. The van der Waals surface area contributed by atoms with Crippen LogP contribution in [0.1, 0.15) is 33.1 Å². The van der Waals surface area contributed by atoms with Gasteiger partial charge in [0.05, 0.1) is 0 Å². The van der Waals surface area contributed by atoms with Gasteiger partial charge in [-0.05, 0) is 48.0 Å². The van der Waals surface area contributed by atoms with Gasteiger partial charge in [-0.2, -0.15) is 0 Å². The standard InChI is InChI=1S/C13H21BrN4/c1-3-7-18(8-10-5-6-10)13-11(14)12(15-4-2)16-9-17-13/h9-10H,3-8H2,1-2H3,(H,15,16,17). The third-order valence-corrected chi connectivity index (χ3v) is 3.81. The summed E-state index contributed by atoms with van der Waals surface area (Å²) in [4.78, 5) is 11.1. The molecule has 0 bridgehead atoms. The van der Waals surface area contributed by atoms with Crippen LogP contribution < -0.4 is 10.2 Å². The molecule has 1 N–H and O–H groups in total. The van der Waals surface area contributed by atoms with Gasteiger partial charge in [0.25, 0.3) is 0 Å². The molecule has 1 aliphatic rings. The van der Waals surface area contributed by atoms with Crippen LogP contribution in [0.5, 0.6) is 0 Å². The third kappa shape index (κ3) is 3.34. The van der Waals surface area contributed by atoms with Crippen LogP contribution >= 0.6 is 15.9 Å². The molecule has 0 saturated heterocycles. The highest BCUT2D eigenvalue weighted by atomic mass is 79.9. The van der Waals surface area contributed by atoms with Crippen LogP contribution in [0.2, 0.25) is 0 Å². The van der Waals surface area contributed by atoms with E-state index in [9.17, 15) is 0 Å². The first-order valence-electron chi connectivity index (χ1n) is 6.75. The number of rotatable bonds is 7. The van der Waals surface area contributed by atoms with Gasteiger partial charge in [-0.3, -0.25) is 0 Å². The summed E-state index contributed by atoms with van der Waals surface area (Å²) in [6.07, 6.45) is 5.51. The lowest BCUT2D eigenvalue weighted by Gasteiger charge is -2.24. The van der Waals surface area contributed by atoms with Crippen LogP contribution in [0.3, 0.4) is 0 Å². The second-order valence-corrected chi connectivity index (χ2v) is 5.57. The average Bonchev–Trinajstić information content (AvgIpc) is 3.16. The molecule has 0 amide bonds. The minimum atomic E-state index is 0.862. The van der Waals surface area contributed by atoms with Crippen LogP contribution in [0.4, 0.5) is 11.6 Å². The molecule has 18 heavy (non-hydrogen) atoms. The Kier molecular flexibility index (Phi) is 4.80. The van der Waals surface area contributed by atoms with Gasteiger partial charge >= 0.3 is 0 Å². The highest BCUT2D eigenvalue weighted by Gasteiger charge is 2.26. The topological polar surface area (TPSA) is 41.1 Å². The summed E-state index contributed by atoms with van der Waals surface area (Å²) in [6.45, 7) is 7.32. The van der Waals surface area contributed by atoms with E-state index in [1.165, 1.54) is 12.8 Å². The molecule has 1 aliphatic carbocycles. The third-order valence-electron chi connectivity index (χ3n) is 3.08. The van der Waals surface area contributed by atoms with E-state index >= 15 is 0 Å². The van der Waals surface area contributed by atoms with Crippen molar-refractivity contribution in [3.63, 3.8) is 0 Å². The molecular formula is C13H21BrN4. The van der Waals surface area contributed by atoms with E-state index in [-0.39, 0.29) is 0 Å². The zero-order chi connectivity index (χ0) is 13.0. The molecule has 1 saturated carbocycles. The number of anilines is 2. The fraction of sp³-hybridized carbons (Fsp3) is 0.692.